The molecule has 2 N–H and O–H groups in total. The van der Waals surface area contributed by atoms with Crippen molar-refractivity contribution in [2.24, 2.45) is 0 Å². The third-order valence-corrected chi connectivity index (χ3v) is 3.72. The highest BCUT2D eigenvalue weighted by Gasteiger charge is 2.12. The van der Waals surface area contributed by atoms with Crippen LogP contribution in [0.5, 0.6) is 0 Å². The topological polar surface area (TPSA) is 87.7 Å². The van der Waals surface area contributed by atoms with Crippen molar-refractivity contribution >= 4 is 17.2 Å². The molecule has 0 aliphatic rings. The van der Waals surface area contributed by atoms with Crippen molar-refractivity contribution in [1.82, 2.24) is 20.3 Å². The van der Waals surface area contributed by atoms with Crippen LogP contribution in [0.1, 0.15) is 34.0 Å². The molecule has 0 fully saturated rings. The summed E-state index contributed by atoms with van der Waals surface area (Å²) < 4.78 is 0. The lowest BCUT2D eigenvalue weighted by atomic mass is 10.2. The van der Waals surface area contributed by atoms with Gasteiger partial charge in [0.25, 0.3) is 11.5 Å². The molecule has 2 aromatic rings. The Labute approximate surface area is 113 Å². The Morgan fingerprint density at radius 1 is 1.53 bits per heavy atom. The fourth-order valence-corrected chi connectivity index (χ4v) is 2.38. The number of hydrogen-bond donors (Lipinski definition) is 2. The van der Waals surface area contributed by atoms with Crippen LogP contribution < -0.4 is 10.9 Å². The van der Waals surface area contributed by atoms with Gasteiger partial charge in [0.05, 0.1) is 17.4 Å². The van der Waals surface area contributed by atoms with E-state index in [9.17, 15) is 9.59 Å². The second kappa shape index (κ2) is 5.75. The van der Waals surface area contributed by atoms with Crippen LogP contribution >= 0.6 is 11.3 Å². The van der Waals surface area contributed by atoms with Gasteiger partial charge in [0, 0.05) is 23.5 Å². The Hall–Kier alpha value is -2.02. The van der Waals surface area contributed by atoms with Crippen molar-refractivity contribution in [3.05, 3.63) is 44.5 Å². The van der Waals surface area contributed by atoms with Crippen molar-refractivity contribution in [3.8, 4) is 0 Å². The zero-order chi connectivity index (χ0) is 13.8. The van der Waals surface area contributed by atoms with E-state index in [2.05, 4.69) is 20.3 Å². The molecule has 1 atom stereocenters. The summed E-state index contributed by atoms with van der Waals surface area (Å²) in [4.78, 5) is 33.3. The number of rotatable bonds is 4. The second-order valence-corrected chi connectivity index (χ2v) is 5.14. The largest absolute Gasteiger partial charge is 0.350 e. The number of carbonyl (C=O) groups is 1. The molecule has 1 amide bonds. The van der Waals surface area contributed by atoms with Gasteiger partial charge in [-0.05, 0) is 6.92 Å². The van der Waals surface area contributed by atoms with E-state index in [0.29, 0.717) is 6.54 Å². The molecule has 6 nitrogen and oxygen atoms in total. The number of carbonyl (C=O) groups excluding carboxylic acids is 1. The summed E-state index contributed by atoms with van der Waals surface area (Å²) in [5.41, 5.74) is 0.751. The molecule has 0 spiro atoms. The van der Waals surface area contributed by atoms with E-state index in [-0.39, 0.29) is 17.5 Å². The van der Waals surface area contributed by atoms with E-state index in [0.717, 1.165) is 16.9 Å². The van der Waals surface area contributed by atoms with Gasteiger partial charge in [-0.2, -0.15) is 0 Å². The van der Waals surface area contributed by atoms with Crippen LogP contribution in [0.4, 0.5) is 0 Å². The third kappa shape index (κ3) is 3.47. The van der Waals surface area contributed by atoms with E-state index < -0.39 is 5.56 Å². The van der Waals surface area contributed by atoms with E-state index in [1.807, 2.05) is 19.2 Å². The Morgan fingerprint density at radius 2 is 2.32 bits per heavy atom. The highest BCUT2D eigenvalue weighted by Crippen LogP contribution is 2.18. The van der Waals surface area contributed by atoms with Gasteiger partial charge >= 0.3 is 0 Å². The second-order valence-electron chi connectivity index (χ2n) is 4.25. The summed E-state index contributed by atoms with van der Waals surface area (Å²) in [7, 11) is 0. The van der Waals surface area contributed by atoms with Gasteiger partial charge in [-0.1, -0.05) is 6.92 Å². The first kappa shape index (κ1) is 13.4. The highest BCUT2D eigenvalue weighted by atomic mass is 32.1. The van der Waals surface area contributed by atoms with Crippen LogP contribution in [0.25, 0.3) is 0 Å². The molecule has 0 aliphatic carbocycles. The van der Waals surface area contributed by atoms with Crippen molar-refractivity contribution in [3.63, 3.8) is 0 Å². The normalized spacial score (nSPS) is 12.1. The summed E-state index contributed by atoms with van der Waals surface area (Å²) in [5, 5.41) is 5.71. The number of hydrogen-bond acceptors (Lipinski definition) is 5. The van der Waals surface area contributed by atoms with Crippen molar-refractivity contribution in [2.45, 2.75) is 19.8 Å². The molecule has 0 aromatic carbocycles. The molecule has 19 heavy (non-hydrogen) atoms. The monoisotopic (exact) mass is 278 g/mol. The molecule has 0 aliphatic heterocycles. The molecule has 0 saturated carbocycles. The molecular formula is C12H14N4O2S. The molecule has 7 heteroatoms. The predicted octanol–water partition coefficient (Wildman–Crippen LogP) is 1.07. The van der Waals surface area contributed by atoms with Gasteiger partial charge in [0.1, 0.15) is 5.69 Å². The van der Waals surface area contributed by atoms with Gasteiger partial charge in [-0.25, -0.2) is 4.98 Å². The maximum Gasteiger partial charge on any atom is 0.269 e. The molecule has 0 unspecified atom stereocenters. The zero-order valence-corrected chi connectivity index (χ0v) is 11.5. The van der Waals surface area contributed by atoms with Crippen molar-refractivity contribution in [1.29, 1.82) is 0 Å². The number of aryl methyl sites for hydroxylation is 1. The summed E-state index contributed by atoms with van der Waals surface area (Å²) in [6.07, 6.45) is 2.45. The lowest BCUT2D eigenvalue weighted by Gasteiger charge is -2.09. The first-order chi connectivity index (χ1) is 9.06. The standard InChI is InChI=1S/C12H14N4O2S/c1-7(12-15-8(2)6-19-12)3-14-11(18)9-4-13-5-10(17)16-9/h4-7H,3H2,1-2H3,(H,14,18)(H,16,17)/t7-/m1/s1. The molecule has 2 aromatic heterocycles. The van der Waals surface area contributed by atoms with Crippen LogP contribution in [0, 0.1) is 6.92 Å². The van der Waals surface area contributed by atoms with E-state index >= 15 is 0 Å². The Kier molecular flexibility index (Phi) is 4.06. The average molecular weight is 278 g/mol. The highest BCUT2D eigenvalue weighted by molar-refractivity contribution is 7.09. The number of amides is 1. The Bertz CT molecular complexity index is 634. The number of H-pyrrole nitrogens is 1. The SMILES string of the molecule is Cc1csc([C@H](C)CNC(=O)c2cncc(=O)[nH]2)n1. The summed E-state index contributed by atoms with van der Waals surface area (Å²) in [5.74, 6) is -0.212. The first-order valence-electron chi connectivity index (χ1n) is 5.81. The minimum atomic E-state index is -0.392. The summed E-state index contributed by atoms with van der Waals surface area (Å²) in [6.45, 7) is 4.39. The maximum atomic E-state index is 11.8. The van der Waals surface area contributed by atoms with Gasteiger partial charge in [-0.15, -0.1) is 11.3 Å². The van der Waals surface area contributed by atoms with E-state index in [1.54, 1.807) is 11.3 Å². The lowest BCUT2D eigenvalue weighted by Crippen LogP contribution is -2.29. The quantitative estimate of drug-likeness (QED) is 0.875. The van der Waals surface area contributed by atoms with E-state index in [4.69, 9.17) is 0 Å². The van der Waals surface area contributed by atoms with Crippen LogP contribution in [0.15, 0.2) is 22.6 Å². The smallest absolute Gasteiger partial charge is 0.269 e. The Morgan fingerprint density at radius 3 is 2.95 bits per heavy atom. The van der Waals surface area contributed by atoms with Crippen LogP contribution in [-0.4, -0.2) is 27.4 Å². The fraction of sp³-hybridized carbons (Fsp3) is 0.333. The van der Waals surface area contributed by atoms with Gasteiger partial charge in [0.2, 0.25) is 0 Å². The number of thiazole rings is 1. The third-order valence-electron chi connectivity index (χ3n) is 2.53. The number of aromatic nitrogens is 3. The molecular weight excluding hydrogens is 264 g/mol. The maximum absolute atomic E-state index is 11.8. The molecule has 100 valence electrons. The summed E-state index contributed by atoms with van der Waals surface area (Å²) >= 11 is 1.58. The zero-order valence-electron chi connectivity index (χ0n) is 10.6. The minimum Gasteiger partial charge on any atom is -0.350 e. The van der Waals surface area contributed by atoms with Gasteiger partial charge in [-0.3, -0.25) is 14.6 Å². The number of nitrogens with zero attached hydrogens (tertiary/aromatic N) is 2. The van der Waals surface area contributed by atoms with Gasteiger partial charge < -0.3 is 10.3 Å². The summed E-state index contributed by atoms with van der Waals surface area (Å²) in [6, 6.07) is 0. The van der Waals surface area contributed by atoms with Crippen molar-refractivity contribution in [2.75, 3.05) is 6.54 Å². The average Bonchev–Trinajstić information content (AvgIpc) is 2.82. The fourth-order valence-electron chi connectivity index (χ4n) is 1.52. The van der Waals surface area contributed by atoms with Crippen molar-refractivity contribution < 1.29 is 4.79 Å². The molecule has 2 heterocycles. The Balaban J connectivity index is 1.95. The molecule has 0 radical (unpaired) electrons. The lowest BCUT2D eigenvalue weighted by molar-refractivity contribution is 0.0946. The predicted molar refractivity (Wildman–Crippen MR) is 72.5 cm³/mol. The van der Waals surface area contributed by atoms with Crippen LogP contribution in [0.3, 0.4) is 0 Å². The number of nitrogens with one attached hydrogen (secondary N) is 2. The first-order valence-corrected chi connectivity index (χ1v) is 6.69. The minimum absolute atomic E-state index is 0.131. The van der Waals surface area contributed by atoms with Crippen LogP contribution in [-0.2, 0) is 0 Å². The molecule has 0 saturated heterocycles. The van der Waals surface area contributed by atoms with E-state index in [1.165, 1.54) is 6.20 Å². The van der Waals surface area contributed by atoms with Gasteiger partial charge in [0.15, 0.2) is 0 Å². The molecule has 0 bridgehead atoms. The number of aromatic amines is 1. The van der Waals surface area contributed by atoms with Crippen LogP contribution in [0.2, 0.25) is 0 Å². The molecule has 2 rings (SSSR count).